The highest BCUT2D eigenvalue weighted by Crippen LogP contribution is 2.20. The molecule has 2 aliphatic heterocycles. The van der Waals surface area contributed by atoms with Gasteiger partial charge in [-0.2, -0.15) is 0 Å². The minimum atomic E-state index is -0.659. The number of aliphatic hydroxyl groups is 1. The van der Waals surface area contributed by atoms with Crippen molar-refractivity contribution in [2.75, 3.05) is 26.4 Å². The van der Waals surface area contributed by atoms with Gasteiger partial charge in [0.1, 0.15) is 24.9 Å². The van der Waals surface area contributed by atoms with Crippen LogP contribution < -0.4 is 0 Å². The van der Waals surface area contributed by atoms with Gasteiger partial charge in [-0.15, -0.1) is 0 Å². The monoisotopic (exact) mass is 258 g/mol. The Hall–Kier alpha value is -0.950. The number of esters is 1. The van der Waals surface area contributed by atoms with Crippen LogP contribution in [0, 0.1) is 0 Å². The second kappa shape index (κ2) is 6.29. The van der Waals surface area contributed by atoms with E-state index in [-0.39, 0.29) is 24.9 Å². The van der Waals surface area contributed by atoms with E-state index in [2.05, 4.69) is 0 Å². The average Bonchev–Trinajstić information content (AvgIpc) is 3.17. The van der Waals surface area contributed by atoms with Crippen molar-refractivity contribution in [3.05, 3.63) is 12.2 Å². The lowest BCUT2D eigenvalue weighted by Gasteiger charge is -2.10. The zero-order chi connectivity index (χ0) is 13.0. The quantitative estimate of drug-likeness (QED) is 0.364. The van der Waals surface area contributed by atoms with Crippen molar-refractivity contribution in [1.82, 2.24) is 0 Å². The Morgan fingerprint density at radius 3 is 2.78 bits per heavy atom. The van der Waals surface area contributed by atoms with Gasteiger partial charge in [-0.3, -0.25) is 0 Å². The molecule has 2 saturated heterocycles. The van der Waals surface area contributed by atoms with E-state index >= 15 is 0 Å². The summed E-state index contributed by atoms with van der Waals surface area (Å²) in [5.41, 5.74) is 0. The first-order valence-electron chi connectivity index (χ1n) is 6.03. The molecule has 0 spiro atoms. The number of aliphatic hydroxyl groups excluding tert-OH is 1. The van der Waals surface area contributed by atoms with E-state index in [1.165, 1.54) is 6.08 Å². The molecule has 2 aliphatic rings. The van der Waals surface area contributed by atoms with Crippen molar-refractivity contribution in [2.24, 2.45) is 0 Å². The molecule has 0 amide bonds. The molecule has 6 nitrogen and oxygen atoms in total. The Labute approximate surface area is 105 Å². The highest BCUT2D eigenvalue weighted by atomic mass is 16.6. The molecule has 4 unspecified atom stereocenters. The van der Waals surface area contributed by atoms with E-state index in [0.29, 0.717) is 13.2 Å². The van der Waals surface area contributed by atoms with Crippen LogP contribution in [0.5, 0.6) is 0 Å². The maximum absolute atomic E-state index is 11.3. The predicted octanol–water partition coefficient (Wildman–Crippen LogP) is -0.351. The molecule has 0 radical (unpaired) electrons. The zero-order valence-corrected chi connectivity index (χ0v) is 10.3. The summed E-state index contributed by atoms with van der Waals surface area (Å²) in [5, 5.41) is 8.97. The van der Waals surface area contributed by atoms with Gasteiger partial charge in [0, 0.05) is 6.08 Å². The van der Waals surface area contributed by atoms with Crippen LogP contribution in [-0.2, 0) is 23.7 Å². The van der Waals surface area contributed by atoms with E-state index in [0.717, 1.165) is 6.61 Å². The third-order valence-corrected chi connectivity index (χ3v) is 2.49. The minimum absolute atomic E-state index is 0.00939. The largest absolute Gasteiger partial charge is 0.460 e. The first-order valence-corrected chi connectivity index (χ1v) is 6.03. The number of carbonyl (C=O) groups excluding carboxylic acids is 1. The third kappa shape index (κ3) is 5.14. The molecule has 1 N–H and O–H groups in total. The SMILES string of the molecule is CC(O)COC(=O)C=CC(OCC1CO1)C1CO1. The van der Waals surface area contributed by atoms with Crippen LogP contribution in [0.25, 0.3) is 0 Å². The first-order chi connectivity index (χ1) is 8.65. The highest BCUT2D eigenvalue weighted by Gasteiger charge is 2.34. The summed E-state index contributed by atoms with van der Waals surface area (Å²) < 4.78 is 20.6. The molecule has 4 atom stereocenters. The number of ether oxygens (including phenoxy) is 4. The van der Waals surface area contributed by atoms with Gasteiger partial charge in [0.05, 0.1) is 25.9 Å². The van der Waals surface area contributed by atoms with Crippen molar-refractivity contribution < 1.29 is 28.8 Å². The second-order valence-electron chi connectivity index (χ2n) is 4.46. The molecule has 0 aromatic carbocycles. The molecular weight excluding hydrogens is 240 g/mol. The smallest absolute Gasteiger partial charge is 0.330 e. The van der Waals surface area contributed by atoms with Crippen molar-refractivity contribution in [1.29, 1.82) is 0 Å². The van der Waals surface area contributed by atoms with Gasteiger partial charge < -0.3 is 24.1 Å². The van der Waals surface area contributed by atoms with Crippen LogP contribution >= 0.6 is 0 Å². The number of rotatable bonds is 8. The lowest BCUT2D eigenvalue weighted by molar-refractivity contribution is -0.140. The van der Waals surface area contributed by atoms with Gasteiger partial charge in [-0.25, -0.2) is 4.79 Å². The molecule has 102 valence electrons. The zero-order valence-electron chi connectivity index (χ0n) is 10.3. The lowest BCUT2D eigenvalue weighted by atomic mass is 10.2. The van der Waals surface area contributed by atoms with Crippen LogP contribution in [0.4, 0.5) is 0 Å². The molecule has 0 aliphatic carbocycles. The van der Waals surface area contributed by atoms with E-state index in [9.17, 15) is 4.79 Å². The average molecular weight is 258 g/mol. The Kier molecular flexibility index (Phi) is 4.71. The van der Waals surface area contributed by atoms with E-state index in [1.54, 1.807) is 13.0 Å². The van der Waals surface area contributed by atoms with Crippen molar-refractivity contribution in [3.63, 3.8) is 0 Å². The fraction of sp³-hybridized carbons (Fsp3) is 0.750. The topological polar surface area (TPSA) is 80.8 Å². The fourth-order valence-electron chi connectivity index (χ4n) is 1.34. The normalized spacial score (nSPS) is 29.0. The Bertz CT molecular complexity index is 306. The van der Waals surface area contributed by atoms with Crippen LogP contribution in [0.15, 0.2) is 12.2 Å². The molecule has 2 heterocycles. The lowest BCUT2D eigenvalue weighted by Crippen LogP contribution is -2.21. The molecular formula is C12H18O6. The Morgan fingerprint density at radius 2 is 2.22 bits per heavy atom. The summed E-state index contributed by atoms with van der Waals surface area (Å²) in [4.78, 5) is 11.3. The second-order valence-corrected chi connectivity index (χ2v) is 4.46. The van der Waals surface area contributed by atoms with Crippen LogP contribution in [0.2, 0.25) is 0 Å². The number of carbonyl (C=O) groups is 1. The van der Waals surface area contributed by atoms with Crippen LogP contribution in [0.1, 0.15) is 6.92 Å². The molecule has 6 heteroatoms. The highest BCUT2D eigenvalue weighted by molar-refractivity contribution is 5.82. The predicted molar refractivity (Wildman–Crippen MR) is 61.0 cm³/mol. The van der Waals surface area contributed by atoms with E-state index in [4.69, 9.17) is 24.1 Å². The van der Waals surface area contributed by atoms with Crippen molar-refractivity contribution >= 4 is 5.97 Å². The summed E-state index contributed by atoms with van der Waals surface area (Å²) >= 11 is 0. The molecule has 2 fully saturated rings. The molecule has 2 rings (SSSR count). The summed E-state index contributed by atoms with van der Waals surface area (Å²) in [7, 11) is 0. The van der Waals surface area contributed by atoms with E-state index < -0.39 is 12.1 Å². The minimum Gasteiger partial charge on any atom is -0.460 e. The number of epoxide rings is 2. The molecule has 0 aromatic rings. The summed E-state index contributed by atoms with van der Waals surface area (Å²) in [5.74, 6) is -0.493. The summed E-state index contributed by atoms with van der Waals surface area (Å²) in [6.45, 7) is 3.43. The fourth-order valence-corrected chi connectivity index (χ4v) is 1.34. The van der Waals surface area contributed by atoms with Crippen molar-refractivity contribution in [3.8, 4) is 0 Å². The maximum Gasteiger partial charge on any atom is 0.330 e. The molecule has 18 heavy (non-hydrogen) atoms. The molecule has 0 saturated carbocycles. The van der Waals surface area contributed by atoms with Gasteiger partial charge in [-0.05, 0) is 13.0 Å². The molecule has 0 aromatic heterocycles. The van der Waals surface area contributed by atoms with Gasteiger partial charge >= 0.3 is 5.97 Å². The van der Waals surface area contributed by atoms with Crippen LogP contribution in [-0.4, -0.2) is 61.9 Å². The summed E-state index contributed by atoms with van der Waals surface area (Å²) in [6.07, 6.45) is 2.24. The summed E-state index contributed by atoms with van der Waals surface area (Å²) in [6, 6.07) is 0. The van der Waals surface area contributed by atoms with E-state index in [1.807, 2.05) is 0 Å². The van der Waals surface area contributed by atoms with Gasteiger partial charge in [-0.1, -0.05) is 0 Å². The van der Waals surface area contributed by atoms with Gasteiger partial charge in [0.25, 0.3) is 0 Å². The van der Waals surface area contributed by atoms with Gasteiger partial charge in [0.2, 0.25) is 0 Å². The Balaban J connectivity index is 1.70. The number of hydrogen-bond acceptors (Lipinski definition) is 6. The van der Waals surface area contributed by atoms with Gasteiger partial charge in [0.15, 0.2) is 0 Å². The Morgan fingerprint density at radius 1 is 1.50 bits per heavy atom. The third-order valence-electron chi connectivity index (χ3n) is 2.49. The first kappa shape index (κ1) is 13.5. The maximum atomic E-state index is 11.3. The van der Waals surface area contributed by atoms with Crippen molar-refractivity contribution in [2.45, 2.75) is 31.3 Å². The molecule has 0 bridgehead atoms. The number of hydrogen-bond donors (Lipinski definition) is 1. The van der Waals surface area contributed by atoms with Crippen LogP contribution in [0.3, 0.4) is 0 Å². The standard InChI is InChI=1S/C12H18O6/c1-8(13)4-18-12(14)3-2-10(11-7-17-11)16-6-9-5-15-9/h2-3,8-11,13H,4-7H2,1H3.